The Balaban J connectivity index is 2.36. The Morgan fingerprint density at radius 2 is 1.70 bits per heavy atom. The molecule has 1 unspecified atom stereocenters. The number of aryl methyl sites for hydroxylation is 1. The van der Waals surface area contributed by atoms with E-state index in [2.05, 4.69) is 46.8 Å². The zero-order chi connectivity index (χ0) is 14.9. The van der Waals surface area contributed by atoms with Gasteiger partial charge in [0.2, 0.25) is 0 Å². The number of unbranched alkanes of at least 4 members (excludes halogenated alkanes) is 2. The number of benzene rings is 1. The van der Waals surface area contributed by atoms with Crippen molar-refractivity contribution in [3.05, 3.63) is 40.0 Å². The zero-order valence-corrected chi connectivity index (χ0v) is 13.6. The summed E-state index contributed by atoms with van der Waals surface area (Å²) in [5.41, 5.74) is 9.04. The molecule has 1 atom stereocenters. The number of allylic oxidation sites excluding steroid dienone is 2. The number of hydrogen-bond acceptors (Lipinski definition) is 1. The van der Waals surface area contributed by atoms with Gasteiger partial charge in [0.25, 0.3) is 0 Å². The normalized spacial score (nSPS) is 21.5. The molecule has 1 aromatic rings. The Kier molecular flexibility index (Phi) is 4.39. The minimum Gasteiger partial charge on any atom is -0.396 e. The van der Waals surface area contributed by atoms with Gasteiger partial charge in [-0.15, -0.1) is 0 Å². The van der Waals surface area contributed by atoms with Gasteiger partial charge in [-0.1, -0.05) is 37.5 Å². The molecule has 1 aromatic carbocycles. The number of fused-ring (bicyclic) bond motifs is 1. The number of aliphatic hydroxyl groups excluding tert-OH is 1. The highest BCUT2D eigenvalue weighted by Gasteiger charge is 2.37. The highest BCUT2D eigenvalue weighted by molar-refractivity contribution is 5.81. The average Bonchev–Trinajstić information content (AvgIpc) is 2.62. The lowest BCUT2D eigenvalue weighted by Crippen LogP contribution is -2.21. The van der Waals surface area contributed by atoms with Crippen molar-refractivity contribution < 1.29 is 5.11 Å². The van der Waals surface area contributed by atoms with Crippen LogP contribution in [-0.4, -0.2) is 11.7 Å². The van der Waals surface area contributed by atoms with Gasteiger partial charge in [-0.05, 0) is 68.4 Å². The van der Waals surface area contributed by atoms with Crippen LogP contribution in [0.25, 0.3) is 5.57 Å². The second kappa shape index (κ2) is 5.73. The molecular formula is C19H28O. The molecule has 0 aliphatic heterocycles. The molecule has 0 saturated carbocycles. The van der Waals surface area contributed by atoms with Crippen LogP contribution in [0.15, 0.2) is 17.7 Å². The molecule has 0 heterocycles. The van der Waals surface area contributed by atoms with Crippen LogP contribution in [0, 0.1) is 13.8 Å². The van der Waals surface area contributed by atoms with E-state index in [9.17, 15) is 0 Å². The predicted octanol–water partition coefficient (Wildman–Crippen LogP) is 4.92. The standard InChI is InChI=1S/C19H28O/c1-13-9-10-17-18(14(13)2)15(3)16(4)19(17,5)11-7-6-8-12-20/h9-10,20H,6-8,11-12H2,1-5H3. The minimum atomic E-state index is 0.188. The van der Waals surface area contributed by atoms with Crippen molar-refractivity contribution >= 4 is 5.57 Å². The molecule has 1 aliphatic carbocycles. The molecule has 1 heteroatoms. The quantitative estimate of drug-likeness (QED) is 0.754. The lowest BCUT2D eigenvalue weighted by molar-refractivity contribution is 0.280. The summed E-state index contributed by atoms with van der Waals surface area (Å²) in [6, 6.07) is 4.61. The van der Waals surface area contributed by atoms with Gasteiger partial charge in [-0.3, -0.25) is 0 Å². The fourth-order valence-corrected chi connectivity index (χ4v) is 3.65. The maximum Gasteiger partial charge on any atom is 0.0431 e. The van der Waals surface area contributed by atoms with Gasteiger partial charge in [0.05, 0.1) is 0 Å². The first kappa shape index (κ1) is 15.3. The van der Waals surface area contributed by atoms with E-state index in [1.807, 2.05) is 0 Å². The van der Waals surface area contributed by atoms with Crippen molar-refractivity contribution in [2.24, 2.45) is 0 Å². The van der Waals surface area contributed by atoms with Crippen LogP contribution in [0.4, 0.5) is 0 Å². The summed E-state index contributed by atoms with van der Waals surface area (Å²) < 4.78 is 0. The summed E-state index contributed by atoms with van der Waals surface area (Å²) >= 11 is 0. The van der Waals surface area contributed by atoms with Gasteiger partial charge >= 0.3 is 0 Å². The van der Waals surface area contributed by atoms with E-state index in [0.717, 1.165) is 12.8 Å². The van der Waals surface area contributed by atoms with E-state index < -0.39 is 0 Å². The molecule has 20 heavy (non-hydrogen) atoms. The molecule has 2 rings (SSSR count). The van der Waals surface area contributed by atoms with Crippen molar-refractivity contribution in [3.63, 3.8) is 0 Å². The Labute approximate surface area is 123 Å². The largest absolute Gasteiger partial charge is 0.396 e. The van der Waals surface area contributed by atoms with Crippen molar-refractivity contribution in [1.82, 2.24) is 0 Å². The van der Waals surface area contributed by atoms with Crippen LogP contribution in [0.3, 0.4) is 0 Å². The van der Waals surface area contributed by atoms with Crippen LogP contribution in [0.1, 0.15) is 68.7 Å². The van der Waals surface area contributed by atoms with E-state index in [0.29, 0.717) is 6.61 Å². The molecule has 1 N–H and O–H groups in total. The number of rotatable bonds is 5. The van der Waals surface area contributed by atoms with E-state index in [4.69, 9.17) is 5.11 Å². The van der Waals surface area contributed by atoms with Crippen molar-refractivity contribution in [2.45, 2.75) is 65.7 Å². The molecule has 110 valence electrons. The van der Waals surface area contributed by atoms with Gasteiger partial charge < -0.3 is 5.11 Å². The van der Waals surface area contributed by atoms with Crippen LogP contribution in [-0.2, 0) is 5.41 Å². The molecule has 0 bridgehead atoms. The third-order valence-corrected chi connectivity index (χ3v) is 5.43. The summed E-state index contributed by atoms with van der Waals surface area (Å²) in [5, 5.41) is 8.93. The molecule has 0 spiro atoms. The fourth-order valence-electron chi connectivity index (χ4n) is 3.65. The van der Waals surface area contributed by atoms with Crippen LogP contribution < -0.4 is 0 Å². The fraction of sp³-hybridized carbons (Fsp3) is 0.579. The average molecular weight is 272 g/mol. The Hall–Kier alpha value is -1.08. The van der Waals surface area contributed by atoms with E-state index >= 15 is 0 Å². The first-order chi connectivity index (χ1) is 9.43. The molecule has 0 saturated heterocycles. The Morgan fingerprint density at radius 1 is 1.00 bits per heavy atom. The second-order valence-corrected chi connectivity index (χ2v) is 6.55. The topological polar surface area (TPSA) is 20.2 Å². The Bertz CT molecular complexity index is 539. The highest BCUT2D eigenvalue weighted by Crippen LogP contribution is 2.50. The van der Waals surface area contributed by atoms with Crippen LogP contribution in [0.5, 0.6) is 0 Å². The maximum absolute atomic E-state index is 8.93. The molecular weight excluding hydrogens is 244 g/mol. The molecule has 0 fully saturated rings. The van der Waals surface area contributed by atoms with Crippen molar-refractivity contribution in [1.29, 1.82) is 0 Å². The molecule has 0 amide bonds. The SMILES string of the molecule is CC1=C(C)C(C)(CCCCCO)c2ccc(C)c(C)c21. The van der Waals surface area contributed by atoms with Gasteiger partial charge in [-0.2, -0.15) is 0 Å². The van der Waals surface area contributed by atoms with E-state index in [1.54, 1.807) is 0 Å². The lowest BCUT2D eigenvalue weighted by Gasteiger charge is -2.29. The lowest BCUT2D eigenvalue weighted by atomic mass is 9.75. The maximum atomic E-state index is 8.93. The molecule has 1 aliphatic rings. The minimum absolute atomic E-state index is 0.188. The van der Waals surface area contributed by atoms with Gasteiger partial charge in [0.15, 0.2) is 0 Å². The third-order valence-electron chi connectivity index (χ3n) is 5.43. The molecule has 1 nitrogen and oxygen atoms in total. The van der Waals surface area contributed by atoms with Gasteiger partial charge in [-0.25, -0.2) is 0 Å². The van der Waals surface area contributed by atoms with Gasteiger partial charge in [0.1, 0.15) is 0 Å². The third kappa shape index (κ3) is 2.33. The first-order valence-electron chi connectivity index (χ1n) is 7.83. The first-order valence-corrected chi connectivity index (χ1v) is 7.83. The summed E-state index contributed by atoms with van der Waals surface area (Å²) in [4.78, 5) is 0. The predicted molar refractivity (Wildman–Crippen MR) is 87.1 cm³/mol. The van der Waals surface area contributed by atoms with Crippen LogP contribution in [0.2, 0.25) is 0 Å². The van der Waals surface area contributed by atoms with E-state index in [1.165, 1.54) is 46.2 Å². The number of hydrogen-bond donors (Lipinski definition) is 1. The highest BCUT2D eigenvalue weighted by atomic mass is 16.2. The van der Waals surface area contributed by atoms with Crippen molar-refractivity contribution in [3.8, 4) is 0 Å². The smallest absolute Gasteiger partial charge is 0.0431 e. The van der Waals surface area contributed by atoms with Gasteiger partial charge in [0, 0.05) is 12.0 Å². The summed E-state index contributed by atoms with van der Waals surface area (Å²) in [5.74, 6) is 0. The van der Waals surface area contributed by atoms with Crippen LogP contribution >= 0.6 is 0 Å². The summed E-state index contributed by atoms with van der Waals surface area (Å²) in [7, 11) is 0. The molecule has 0 radical (unpaired) electrons. The number of aliphatic hydroxyl groups is 1. The zero-order valence-electron chi connectivity index (χ0n) is 13.6. The molecule has 0 aromatic heterocycles. The van der Waals surface area contributed by atoms with Crippen molar-refractivity contribution in [2.75, 3.05) is 6.61 Å². The second-order valence-electron chi connectivity index (χ2n) is 6.55. The summed E-state index contributed by atoms with van der Waals surface area (Å²) in [6.45, 7) is 11.7. The van der Waals surface area contributed by atoms with E-state index in [-0.39, 0.29) is 5.41 Å². The summed E-state index contributed by atoms with van der Waals surface area (Å²) in [6.07, 6.45) is 4.43. The monoisotopic (exact) mass is 272 g/mol. The Morgan fingerprint density at radius 3 is 2.35 bits per heavy atom.